The van der Waals surface area contributed by atoms with Crippen LogP contribution in [0.5, 0.6) is 0 Å². The number of anilines is 1. The van der Waals surface area contributed by atoms with E-state index in [1.807, 2.05) is 48.0 Å². The summed E-state index contributed by atoms with van der Waals surface area (Å²) >= 11 is 6.38. The first kappa shape index (κ1) is 14.4. The fourth-order valence-corrected chi connectivity index (χ4v) is 3.82. The van der Waals surface area contributed by atoms with Gasteiger partial charge in [0.2, 0.25) is 0 Å². The van der Waals surface area contributed by atoms with Crippen molar-refractivity contribution in [2.24, 2.45) is 0 Å². The van der Waals surface area contributed by atoms with Crippen LogP contribution in [0.15, 0.2) is 45.6 Å². The predicted octanol–water partition coefficient (Wildman–Crippen LogP) is 5.19. The summed E-state index contributed by atoms with van der Waals surface area (Å²) in [5.74, 6) is -0.0997. The van der Waals surface area contributed by atoms with Gasteiger partial charge in [-0.15, -0.1) is 22.7 Å². The standard InChI is InChI=1S/C15H11BrN2OS2/c1-9-17-13(8-20-9)10-3-2-4-12(5-10)18-15(19)14-6-11(16)7-21-14/h2-8H,1H3,(H,18,19). The van der Waals surface area contributed by atoms with Crippen molar-refractivity contribution in [3.05, 3.63) is 55.4 Å². The second kappa shape index (κ2) is 6.09. The van der Waals surface area contributed by atoms with Gasteiger partial charge in [0.25, 0.3) is 5.91 Å². The number of rotatable bonds is 3. The molecule has 106 valence electrons. The smallest absolute Gasteiger partial charge is 0.265 e. The molecule has 21 heavy (non-hydrogen) atoms. The quantitative estimate of drug-likeness (QED) is 0.680. The number of carbonyl (C=O) groups excluding carboxylic acids is 1. The Morgan fingerprint density at radius 1 is 1.24 bits per heavy atom. The number of carbonyl (C=O) groups is 1. The minimum atomic E-state index is -0.0997. The molecule has 0 atom stereocenters. The Labute approximate surface area is 138 Å². The number of halogens is 1. The van der Waals surface area contributed by atoms with E-state index in [4.69, 9.17) is 0 Å². The molecule has 1 amide bonds. The van der Waals surface area contributed by atoms with Crippen LogP contribution in [0.1, 0.15) is 14.7 Å². The summed E-state index contributed by atoms with van der Waals surface area (Å²) in [6.45, 7) is 1.98. The van der Waals surface area contributed by atoms with E-state index < -0.39 is 0 Å². The van der Waals surface area contributed by atoms with Gasteiger partial charge in [-0.2, -0.15) is 0 Å². The van der Waals surface area contributed by atoms with Gasteiger partial charge in [0, 0.05) is 26.5 Å². The summed E-state index contributed by atoms with van der Waals surface area (Å²) in [5, 5.41) is 7.86. The molecular formula is C15H11BrN2OS2. The van der Waals surface area contributed by atoms with Gasteiger partial charge in [0.15, 0.2) is 0 Å². The first-order chi connectivity index (χ1) is 10.1. The highest BCUT2D eigenvalue weighted by atomic mass is 79.9. The van der Waals surface area contributed by atoms with Crippen LogP contribution < -0.4 is 5.32 Å². The van der Waals surface area contributed by atoms with Crippen LogP contribution in [0, 0.1) is 6.92 Å². The third-order valence-electron chi connectivity index (χ3n) is 2.83. The maximum Gasteiger partial charge on any atom is 0.265 e. The summed E-state index contributed by atoms with van der Waals surface area (Å²) in [5.41, 5.74) is 2.71. The molecule has 0 aliphatic heterocycles. The topological polar surface area (TPSA) is 42.0 Å². The summed E-state index contributed by atoms with van der Waals surface area (Å²) in [6.07, 6.45) is 0. The fraction of sp³-hybridized carbons (Fsp3) is 0.0667. The van der Waals surface area contributed by atoms with E-state index in [1.54, 1.807) is 11.3 Å². The molecule has 3 aromatic rings. The highest BCUT2D eigenvalue weighted by Crippen LogP contribution is 2.25. The summed E-state index contributed by atoms with van der Waals surface area (Å²) in [6, 6.07) is 9.54. The number of hydrogen-bond donors (Lipinski definition) is 1. The molecule has 0 saturated carbocycles. The van der Waals surface area contributed by atoms with Crippen LogP contribution in [0.4, 0.5) is 5.69 Å². The second-order valence-corrected chi connectivity index (χ2v) is 7.31. The Bertz CT molecular complexity index is 794. The molecule has 3 nitrogen and oxygen atoms in total. The average molecular weight is 379 g/mol. The third kappa shape index (κ3) is 3.40. The molecule has 0 aliphatic carbocycles. The zero-order chi connectivity index (χ0) is 14.8. The molecule has 0 unspecified atom stereocenters. The van der Waals surface area contributed by atoms with E-state index in [1.165, 1.54) is 11.3 Å². The highest BCUT2D eigenvalue weighted by molar-refractivity contribution is 9.10. The Morgan fingerprint density at radius 3 is 2.76 bits per heavy atom. The molecule has 3 rings (SSSR count). The molecule has 0 radical (unpaired) electrons. The van der Waals surface area contributed by atoms with Crippen molar-refractivity contribution in [1.82, 2.24) is 4.98 Å². The number of aryl methyl sites for hydroxylation is 1. The molecule has 2 heterocycles. The first-order valence-corrected chi connectivity index (χ1v) is 8.75. The van der Waals surface area contributed by atoms with Crippen molar-refractivity contribution in [2.75, 3.05) is 5.32 Å². The number of amides is 1. The predicted molar refractivity (Wildman–Crippen MR) is 92.3 cm³/mol. The Hall–Kier alpha value is -1.50. The first-order valence-electron chi connectivity index (χ1n) is 6.20. The molecule has 0 aliphatic rings. The molecule has 2 aromatic heterocycles. The Morgan fingerprint density at radius 2 is 2.10 bits per heavy atom. The van der Waals surface area contributed by atoms with Gasteiger partial charge in [0.05, 0.1) is 15.6 Å². The van der Waals surface area contributed by atoms with Gasteiger partial charge in [-0.25, -0.2) is 4.98 Å². The van der Waals surface area contributed by atoms with E-state index in [-0.39, 0.29) is 5.91 Å². The number of hydrogen-bond acceptors (Lipinski definition) is 4. The minimum Gasteiger partial charge on any atom is -0.321 e. The average Bonchev–Trinajstić information content (AvgIpc) is 3.08. The summed E-state index contributed by atoms with van der Waals surface area (Å²) < 4.78 is 0.921. The van der Waals surface area contributed by atoms with Gasteiger partial charge in [-0.1, -0.05) is 12.1 Å². The van der Waals surface area contributed by atoms with Gasteiger partial charge >= 0.3 is 0 Å². The van der Waals surface area contributed by atoms with Gasteiger partial charge < -0.3 is 5.32 Å². The lowest BCUT2D eigenvalue weighted by Crippen LogP contribution is -2.09. The SMILES string of the molecule is Cc1nc(-c2cccc(NC(=O)c3cc(Br)cs3)c2)cs1. The number of nitrogens with one attached hydrogen (secondary N) is 1. The minimum absolute atomic E-state index is 0.0997. The van der Waals surface area contributed by atoms with Gasteiger partial charge in [-0.05, 0) is 41.1 Å². The summed E-state index contributed by atoms with van der Waals surface area (Å²) in [4.78, 5) is 17.3. The van der Waals surface area contributed by atoms with E-state index in [9.17, 15) is 4.79 Å². The molecule has 1 aromatic carbocycles. The van der Waals surface area contributed by atoms with Gasteiger partial charge in [0.1, 0.15) is 0 Å². The lowest BCUT2D eigenvalue weighted by Gasteiger charge is -2.05. The number of aromatic nitrogens is 1. The van der Waals surface area contributed by atoms with Crippen molar-refractivity contribution in [3.8, 4) is 11.3 Å². The van der Waals surface area contributed by atoms with Gasteiger partial charge in [-0.3, -0.25) is 4.79 Å². The Kier molecular flexibility index (Phi) is 4.19. The lowest BCUT2D eigenvalue weighted by atomic mass is 10.1. The van der Waals surface area contributed by atoms with Crippen LogP contribution >= 0.6 is 38.6 Å². The largest absolute Gasteiger partial charge is 0.321 e. The van der Waals surface area contributed by atoms with E-state index >= 15 is 0 Å². The van der Waals surface area contributed by atoms with E-state index in [0.29, 0.717) is 4.88 Å². The molecule has 0 fully saturated rings. The van der Waals surface area contributed by atoms with Crippen molar-refractivity contribution >= 4 is 50.2 Å². The normalized spacial score (nSPS) is 10.6. The van der Waals surface area contributed by atoms with Crippen LogP contribution in [-0.2, 0) is 0 Å². The number of thiophene rings is 1. The second-order valence-electron chi connectivity index (χ2n) is 4.42. The number of benzene rings is 1. The molecule has 6 heteroatoms. The third-order valence-corrected chi connectivity index (χ3v) is 5.29. The number of nitrogens with zero attached hydrogens (tertiary/aromatic N) is 1. The molecule has 0 saturated heterocycles. The molecule has 1 N–H and O–H groups in total. The van der Waals surface area contributed by atoms with Crippen molar-refractivity contribution < 1.29 is 4.79 Å². The molecular weight excluding hydrogens is 368 g/mol. The monoisotopic (exact) mass is 378 g/mol. The zero-order valence-electron chi connectivity index (χ0n) is 11.1. The van der Waals surface area contributed by atoms with Crippen molar-refractivity contribution in [1.29, 1.82) is 0 Å². The van der Waals surface area contributed by atoms with Crippen molar-refractivity contribution in [3.63, 3.8) is 0 Å². The molecule has 0 bridgehead atoms. The van der Waals surface area contributed by atoms with E-state index in [0.717, 1.165) is 26.4 Å². The Balaban J connectivity index is 1.82. The number of thiazole rings is 1. The van der Waals surface area contributed by atoms with Crippen molar-refractivity contribution in [2.45, 2.75) is 6.92 Å². The van der Waals surface area contributed by atoms with E-state index in [2.05, 4.69) is 26.2 Å². The summed E-state index contributed by atoms with van der Waals surface area (Å²) in [7, 11) is 0. The lowest BCUT2D eigenvalue weighted by molar-refractivity contribution is 0.103. The van der Waals surface area contributed by atoms with Crippen LogP contribution in [-0.4, -0.2) is 10.9 Å². The van der Waals surface area contributed by atoms with Crippen LogP contribution in [0.2, 0.25) is 0 Å². The molecule has 0 spiro atoms. The maximum atomic E-state index is 12.1. The fourth-order valence-electron chi connectivity index (χ4n) is 1.88. The highest BCUT2D eigenvalue weighted by Gasteiger charge is 2.10. The zero-order valence-corrected chi connectivity index (χ0v) is 14.3. The van der Waals surface area contributed by atoms with Crippen LogP contribution in [0.25, 0.3) is 11.3 Å². The maximum absolute atomic E-state index is 12.1. The van der Waals surface area contributed by atoms with Crippen LogP contribution in [0.3, 0.4) is 0 Å².